The average molecular weight is 505 g/mol. The molecule has 0 unspecified atom stereocenters. The Morgan fingerprint density at radius 1 is 1.19 bits per heavy atom. The number of rotatable bonds is 7. The topological polar surface area (TPSA) is 109 Å². The third-order valence-electron chi connectivity index (χ3n) is 5.82. The Bertz CT molecular complexity index is 1270. The van der Waals surface area contributed by atoms with Crippen LogP contribution in [0.15, 0.2) is 36.7 Å². The number of aromatic nitrogens is 3. The molecule has 1 amide bonds. The third kappa shape index (κ3) is 5.93. The lowest BCUT2D eigenvalue weighted by Gasteiger charge is -2.29. The fourth-order valence-electron chi connectivity index (χ4n) is 4.16. The Morgan fingerprint density at radius 3 is 2.56 bits per heavy atom. The van der Waals surface area contributed by atoms with E-state index in [0.717, 1.165) is 30.7 Å². The Morgan fingerprint density at radius 2 is 1.92 bits per heavy atom. The summed E-state index contributed by atoms with van der Waals surface area (Å²) < 4.78 is 46.6. The molecule has 1 fully saturated rings. The van der Waals surface area contributed by atoms with E-state index in [2.05, 4.69) is 10.3 Å². The molecule has 0 saturated carbocycles. The van der Waals surface area contributed by atoms with Crippen LogP contribution in [0.4, 0.5) is 18.9 Å². The summed E-state index contributed by atoms with van der Waals surface area (Å²) in [7, 11) is 0. The van der Waals surface area contributed by atoms with Crippen LogP contribution in [0.2, 0.25) is 0 Å². The lowest BCUT2D eigenvalue weighted by atomic mass is 9.94. The number of likely N-dealkylation sites (tertiary alicyclic amines) is 1. The molecule has 9 nitrogen and oxygen atoms in total. The molecule has 4 heterocycles. The molecule has 12 heteroatoms. The molecule has 0 bridgehead atoms. The minimum Gasteiger partial charge on any atom is -0.489 e. The van der Waals surface area contributed by atoms with Crippen LogP contribution >= 0.6 is 0 Å². The van der Waals surface area contributed by atoms with Gasteiger partial charge in [-0.25, -0.2) is 9.97 Å². The summed E-state index contributed by atoms with van der Waals surface area (Å²) in [5, 5.41) is 11.6. The number of anilines is 1. The van der Waals surface area contributed by atoms with Crippen molar-refractivity contribution in [2.45, 2.75) is 44.9 Å². The maximum atomic E-state index is 13.0. The lowest BCUT2D eigenvalue weighted by molar-refractivity contribution is -0.141. The fourth-order valence-corrected chi connectivity index (χ4v) is 4.16. The monoisotopic (exact) mass is 505 g/mol. The van der Waals surface area contributed by atoms with Gasteiger partial charge in [0.1, 0.15) is 28.5 Å². The summed E-state index contributed by atoms with van der Waals surface area (Å²) in [6.07, 6.45) is 0.0636. The lowest BCUT2D eigenvalue weighted by Crippen LogP contribution is -2.36. The number of carbonyl (C=O) groups is 2. The maximum absolute atomic E-state index is 13.0. The number of piperidine rings is 1. The van der Waals surface area contributed by atoms with E-state index in [1.54, 1.807) is 16.7 Å². The second-order valence-electron chi connectivity index (χ2n) is 8.95. The highest BCUT2D eigenvalue weighted by Crippen LogP contribution is 2.32. The number of carboxylic acid groups (broad SMARTS) is 1. The molecule has 1 saturated heterocycles. The van der Waals surface area contributed by atoms with Crippen molar-refractivity contribution >= 4 is 23.2 Å². The first kappa shape index (κ1) is 25.4. The molecule has 192 valence electrons. The summed E-state index contributed by atoms with van der Waals surface area (Å²) in [4.78, 5) is 33.7. The van der Waals surface area contributed by atoms with Gasteiger partial charge in [0.2, 0.25) is 0 Å². The molecule has 0 aliphatic carbocycles. The molecular weight excluding hydrogens is 479 g/mol. The minimum atomic E-state index is -4.67. The summed E-state index contributed by atoms with van der Waals surface area (Å²) in [6.45, 7) is 4.94. The number of nitrogens with one attached hydrogen (secondary N) is 1. The van der Waals surface area contributed by atoms with Crippen molar-refractivity contribution in [1.29, 1.82) is 0 Å². The van der Waals surface area contributed by atoms with Gasteiger partial charge >= 0.3 is 12.1 Å². The highest BCUT2D eigenvalue weighted by Gasteiger charge is 2.33. The molecule has 0 spiro atoms. The predicted molar refractivity (Wildman–Crippen MR) is 124 cm³/mol. The number of ether oxygens (including phenoxy) is 1. The summed E-state index contributed by atoms with van der Waals surface area (Å²) in [6, 6.07) is 4.80. The van der Waals surface area contributed by atoms with E-state index >= 15 is 0 Å². The number of halogens is 3. The second kappa shape index (κ2) is 10.1. The molecule has 0 aromatic carbocycles. The molecule has 0 radical (unpaired) electrons. The zero-order chi connectivity index (χ0) is 26.0. The number of hydrogen-bond donors (Lipinski definition) is 2. The number of fused-ring (bicyclic) bond motifs is 1. The Hall–Kier alpha value is -3.67. The van der Waals surface area contributed by atoms with E-state index < -0.39 is 23.7 Å². The number of aliphatic carboxylic acids is 1. The second-order valence-corrected chi connectivity index (χ2v) is 8.95. The van der Waals surface area contributed by atoms with Gasteiger partial charge in [-0.1, -0.05) is 6.07 Å². The molecule has 3 aromatic rings. The molecule has 3 aromatic heterocycles. The van der Waals surface area contributed by atoms with E-state index in [9.17, 15) is 22.8 Å². The minimum absolute atomic E-state index is 0.0115. The summed E-state index contributed by atoms with van der Waals surface area (Å²) in [5.74, 6) is -1.18. The maximum Gasteiger partial charge on any atom is 0.433 e. The van der Waals surface area contributed by atoms with E-state index in [1.807, 2.05) is 24.9 Å². The molecule has 0 atom stereocenters. The number of carboxylic acids is 1. The molecular formula is C24H26F3N5O4. The third-order valence-corrected chi connectivity index (χ3v) is 5.82. The van der Waals surface area contributed by atoms with Crippen molar-refractivity contribution in [3.05, 3.63) is 53.7 Å². The van der Waals surface area contributed by atoms with Crippen LogP contribution in [-0.4, -0.2) is 62.0 Å². The van der Waals surface area contributed by atoms with Crippen LogP contribution in [-0.2, 0) is 11.0 Å². The predicted octanol–water partition coefficient (Wildman–Crippen LogP) is 4.05. The molecule has 1 aliphatic heterocycles. The normalized spacial score (nSPS) is 15.4. The van der Waals surface area contributed by atoms with E-state index in [-0.39, 0.29) is 29.9 Å². The highest BCUT2D eigenvalue weighted by atomic mass is 19.4. The molecule has 36 heavy (non-hydrogen) atoms. The van der Waals surface area contributed by atoms with Gasteiger partial charge in [-0.05, 0) is 51.9 Å². The van der Waals surface area contributed by atoms with Crippen LogP contribution in [0.1, 0.15) is 54.5 Å². The van der Waals surface area contributed by atoms with E-state index in [1.165, 1.54) is 6.07 Å². The van der Waals surface area contributed by atoms with Crippen molar-refractivity contribution in [2.75, 3.05) is 25.0 Å². The van der Waals surface area contributed by atoms with Crippen LogP contribution in [0.5, 0.6) is 5.75 Å². The first-order chi connectivity index (χ1) is 17.0. The van der Waals surface area contributed by atoms with Gasteiger partial charge < -0.3 is 19.6 Å². The van der Waals surface area contributed by atoms with Crippen LogP contribution < -0.4 is 10.1 Å². The Balaban J connectivity index is 1.58. The van der Waals surface area contributed by atoms with Crippen LogP contribution in [0.25, 0.3) is 5.65 Å². The number of pyridine rings is 2. The summed E-state index contributed by atoms with van der Waals surface area (Å²) in [5.41, 5.74) is 0.158. The van der Waals surface area contributed by atoms with Crippen LogP contribution in [0.3, 0.4) is 0 Å². The van der Waals surface area contributed by atoms with E-state index in [4.69, 9.17) is 14.8 Å². The quantitative estimate of drug-likeness (QED) is 0.499. The smallest absolute Gasteiger partial charge is 0.433 e. The highest BCUT2D eigenvalue weighted by molar-refractivity contribution is 6.03. The van der Waals surface area contributed by atoms with Gasteiger partial charge in [-0.15, -0.1) is 0 Å². The number of amides is 1. The summed E-state index contributed by atoms with van der Waals surface area (Å²) >= 11 is 0. The largest absolute Gasteiger partial charge is 0.489 e. The number of nitrogens with zero attached hydrogens (tertiary/aromatic N) is 4. The van der Waals surface area contributed by atoms with Crippen molar-refractivity contribution in [1.82, 2.24) is 19.3 Å². The molecule has 2 N–H and O–H groups in total. The average Bonchev–Trinajstić information content (AvgIpc) is 3.21. The van der Waals surface area contributed by atoms with Gasteiger partial charge in [0.25, 0.3) is 5.91 Å². The first-order valence-electron chi connectivity index (χ1n) is 11.5. The van der Waals surface area contributed by atoms with Gasteiger partial charge in [-0.3, -0.25) is 14.5 Å². The van der Waals surface area contributed by atoms with Gasteiger partial charge in [-0.2, -0.15) is 13.2 Å². The zero-order valence-electron chi connectivity index (χ0n) is 19.7. The van der Waals surface area contributed by atoms with Gasteiger partial charge in [0.15, 0.2) is 0 Å². The Kier molecular flexibility index (Phi) is 7.16. The zero-order valence-corrected chi connectivity index (χ0v) is 19.7. The van der Waals surface area contributed by atoms with Crippen molar-refractivity contribution in [3.8, 4) is 5.75 Å². The molecule has 1 aliphatic rings. The number of carbonyl (C=O) groups excluding carboxylic acids is 1. The van der Waals surface area contributed by atoms with Crippen molar-refractivity contribution in [3.63, 3.8) is 0 Å². The number of imidazole rings is 1. The van der Waals surface area contributed by atoms with Crippen LogP contribution in [0, 0.1) is 0 Å². The molecule has 4 rings (SSSR count). The SMILES string of the molecule is CC(C)Oc1cc2nc(C3CCN(CC(=O)O)CC3)cn2cc1NC(=O)c1cccc(C(F)(F)F)n1. The van der Waals surface area contributed by atoms with E-state index in [0.29, 0.717) is 24.5 Å². The van der Waals surface area contributed by atoms with Crippen molar-refractivity contribution < 1.29 is 32.6 Å². The fraction of sp³-hybridized carbons (Fsp3) is 0.417. The standard InChI is InChI=1S/C24H26F3N5O4/c1-14(2)36-19-10-21-29-17(15-6-8-31(9-7-15)13-22(33)34)11-32(21)12-18(19)30-23(35)16-4-3-5-20(28-16)24(25,26)27/h3-5,10-12,14-15H,6-9,13H2,1-2H3,(H,30,35)(H,33,34). The number of alkyl halides is 3. The van der Waals surface area contributed by atoms with Gasteiger partial charge in [0, 0.05) is 24.4 Å². The Labute approximate surface area is 204 Å². The first-order valence-corrected chi connectivity index (χ1v) is 11.5. The van der Waals surface area contributed by atoms with Gasteiger partial charge in [0.05, 0.1) is 18.3 Å². The number of hydrogen-bond acceptors (Lipinski definition) is 6. The van der Waals surface area contributed by atoms with Crippen molar-refractivity contribution in [2.24, 2.45) is 0 Å².